The summed E-state index contributed by atoms with van der Waals surface area (Å²) in [4.78, 5) is 20.3. The van der Waals surface area contributed by atoms with Gasteiger partial charge in [-0.3, -0.25) is 4.79 Å². The van der Waals surface area contributed by atoms with Crippen LogP contribution in [0.3, 0.4) is 0 Å². The van der Waals surface area contributed by atoms with Crippen molar-refractivity contribution in [3.63, 3.8) is 0 Å². The second-order valence-corrected chi connectivity index (χ2v) is 6.66. The van der Waals surface area contributed by atoms with Gasteiger partial charge in [-0.1, -0.05) is 6.92 Å². The first-order chi connectivity index (χ1) is 10.0. The number of aryl methyl sites for hydroxylation is 1. The number of amides is 1. The van der Waals surface area contributed by atoms with E-state index >= 15 is 0 Å². The Hall–Kier alpha value is -1.66. The monoisotopic (exact) mass is 305 g/mol. The van der Waals surface area contributed by atoms with Gasteiger partial charge in [0.2, 0.25) is 0 Å². The normalized spacial score (nSPS) is 22.1. The number of hydrogen-bond acceptors (Lipinski definition) is 5. The molecule has 1 amide bonds. The van der Waals surface area contributed by atoms with Crippen molar-refractivity contribution >= 4 is 33.1 Å². The number of carbonyl (C=O) groups excluding carboxylic acids is 1. The third kappa shape index (κ3) is 2.28. The molecule has 0 saturated carbocycles. The highest BCUT2D eigenvalue weighted by Gasteiger charge is 2.35. The number of aliphatic hydroxyl groups excluding tert-OH is 1. The molecule has 2 aromatic rings. The molecule has 112 valence electrons. The third-order valence-corrected chi connectivity index (χ3v) is 5.36. The number of rotatable bonds is 2. The molecule has 0 radical (unpaired) electrons. The highest BCUT2D eigenvalue weighted by atomic mass is 32.1. The van der Waals surface area contributed by atoms with Gasteiger partial charge in [-0.05, 0) is 31.4 Å². The van der Waals surface area contributed by atoms with Crippen LogP contribution in [0.25, 0.3) is 10.2 Å². The van der Waals surface area contributed by atoms with Gasteiger partial charge >= 0.3 is 0 Å². The first kappa shape index (κ1) is 14.3. The van der Waals surface area contributed by atoms with E-state index in [-0.39, 0.29) is 18.6 Å². The van der Waals surface area contributed by atoms with Crippen molar-refractivity contribution in [2.45, 2.75) is 26.3 Å². The zero-order chi connectivity index (χ0) is 15.1. The summed E-state index contributed by atoms with van der Waals surface area (Å²) in [6, 6.07) is 3.70. The number of aromatic nitrogens is 1. The molecule has 3 N–H and O–H groups in total. The van der Waals surface area contributed by atoms with Crippen molar-refractivity contribution in [1.29, 1.82) is 0 Å². The molecule has 1 aliphatic heterocycles. The average molecular weight is 305 g/mol. The molecular weight excluding hydrogens is 286 g/mol. The summed E-state index contributed by atoms with van der Waals surface area (Å²) in [5.41, 5.74) is 7.55. The van der Waals surface area contributed by atoms with Gasteiger partial charge in [0.15, 0.2) is 0 Å². The molecule has 2 unspecified atom stereocenters. The molecule has 5 nitrogen and oxygen atoms in total. The number of nitrogens with two attached hydrogens (primary N) is 1. The first-order valence-electron chi connectivity index (χ1n) is 7.10. The fourth-order valence-electron chi connectivity index (χ4n) is 2.92. The number of likely N-dealkylation sites (tertiary alicyclic amines) is 1. The number of nitrogen functional groups attached to an aromatic ring is 1. The summed E-state index contributed by atoms with van der Waals surface area (Å²) in [6.07, 6.45) is 0.916. The Balaban J connectivity index is 2.00. The summed E-state index contributed by atoms with van der Waals surface area (Å²) < 4.78 is 0. The van der Waals surface area contributed by atoms with E-state index < -0.39 is 0 Å². The van der Waals surface area contributed by atoms with Crippen molar-refractivity contribution in [3.8, 4) is 0 Å². The van der Waals surface area contributed by atoms with Crippen molar-refractivity contribution in [2.24, 2.45) is 5.92 Å². The number of carbonyl (C=O) groups is 1. The molecule has 1 saturated heterocycles. The molecule has 1 aliphatic rings. The number of hydrogen-bond donors (Lipinski definition) is 2. The van der Waals surface area contributed by atoms with Gasteiger partial charge in [-0.2, -0.15) is 0 Å². The second kappa shape index (κ2) is 5.27. The van der Waals surface area contributed by atoms with E-state index in [2.05, 4.69) is 11.9 Å². The van der Waals surface area contributed by atoms with Crippen LogP contribution in [-0.4, -0.2) is 40.1 Å². The van der Waals surface area contributed by atoms with Crippen molar-refractivity contribution in [1.82, 2.24) is 9.88 Å². The number of nitrogens with zero attached hydrogens (tertiary/aromatic N) is 2. The lowest BCUT2D eigenvalue weighted by molar-refractivity contribution is 0.0654. The van der Waals surface area contributed by atoms with Gasteiger partial charge in [-0.25, -0.2) is 4.98 Å². The molecule has 6 heteroatoms. The van der Waals surface area contributed by atoms with Crippen LogP contribution in [-0.2, 0) is 0 Å². The summed E-state index contributed by atoms with van der Waals surface area (Å²) >= 11 is 1.34. The number of anilines is 1. The molecule has 0 bridgehead atoms. The van der Waals surface area contributed by atoms with E-state index in [0.717, 1.165) is 22.3 Å². The lowest BCUT2D eigenvalue weighted by atomic mass is 10.0. The Kier molecular flexibility index (Phi) is 3.59. The van der Waals surface area contributed by atoms with Crippen molar-refractivity contribution in [2.75, 3.05) is 18.9 Å². The lowest BCUT2D eigenvalue weighted by Gasteiger charge is -2.24. The van der Waals surface area contributed by atoms with Crippen LogP contribution in [0, 0.1) is 12.8 Å². The number of aliphatic hydroxyl groups is 1. The van der Waals surface area contributed by atoms with Gasteiger partial charge in [0.25, 0.3) is 5.91 Å². The maximum absolute atomic E-state index is 12.8. The Bertz CT molecular complexity index is 698. The second-order valence-electron chi connectivity index (χ2n) is 5.66. The number of fused-ring (bicyclic) bond motifs is 1. The zero-order valence-electron chi connectivity index (χ0n) is 12.2. The van der Waals surface area contributed by atoms with Crippen LogP contribution in [0.15, 0.2) is 12.1 Å². The predicted octanol–water partition coefficient (Wildman–Crippen LogP) is 2.03. The van der Waals surface area contributed by atoms with Crippen molar-refractivity contribution < 1.29 is 9.90 Å². The maximum Gasteiger partial charge on any atom is 0.266 e. The molecule has 3 heterocycles. The van der Waals surface area contributed by atoms with Gasteiger partial charge < -0.3 is 15.7 Å². The molecule has 2 atom stereocenters. The molecule has 0 spiro atoms. The van der Waals surface area contributed by atoms with E-state index in [1.807, 2.05) is 19.1 Å². The SMILES string of the molecule is Cc1ccc2c(N)c(C(=O)N3CCC(C)C3CO)sc2n1. The number of thiophene rings is 1. The Labute approximate surface area is 127 Å². The van der Waals surface area contributed by atoms with E-state index in [0.29, 0.717) is 23.0 Å². The quantitative estimate of drug-likeness (QED) is 0.889. The minimum absolute atomic E-state index is 0.00490. The molecular formula is C15H19N3O2S. The van der Waals surface area contributed by atoms with Gasteiger partial charge in [-0.15, -0.1) is 11.3 Å². The van der Waals surface area contributed by atoms with E-state index in [1.165, 1.54) is 11.3 Å². The topological polar surface area (TPSA) is 79.5 Å². The molecule has 1 fully saturated rings. The molecule has 2 aromatic heterocycles. The summed E-state index contributed by atoms with van der Waals surface area (Å²) in [7, 11) is 0. The highest BCUT2D eigenvalue weighted by molar-refractivity contribution is 7.21. The van der Waals surface area contributed by atoms with Crippen molar-refractivity contribution in [3.05, 3.63) is 22.7 Å². The summed E-state index contributed by atoms with van der Waals surface area (Å²) in [6.45, 7) is 4.65. The van der Waals surface area contributed by atoms with Gasteiger partial charge in [0.05, 0.1) is 18.3 Å². The van der Waals surface area contributed by atoms with E-state index in [9.17, 15) is 9.90 Å². The third-order valence-electron chi connectivity index (χ3n) is 4.26. The van der Waals surface area contributed by atoms with Crippen LogP contribution in [0.4, 0.5) is 5.69 Å². The van der Waals surface area contributed by atoms with E-state index in [4.69, 9.17) is 5.73 Å². The van der Waals surface area contributed by atoms with Crippen LogP contribution < -0.4 is 5.73 Å². The van der Waals surface area contributed by atoms with Crippen LogP contribution in [0.2, 0.25) is 0 Å². The standard InChI is InChI=1S/C15H19N3O2S/c1-8-5-6-18(11(8)7-19)15(20)13-12(16)10-4-3-9(2)17-14(10)21-13/h3-4,8,11,19H,5-7,16H2,1-2H3. The fraction of sp³-hybridized carbons (Fsp3) is 0.467. The molecule has 0 aromatic carbocycles. The zero-order valence-corrected chi connectivity index (χ0v) is 13.0. The average Bonchev–Trinajstić information content (AvgIpc) is 2.98. The summed E-state index contributed by atoms with van der Waals surface area (Å²) in [5.74, 6) is 0.228. The minimum atomic E-state index is -0.114. The minimum Gasteiger partial charge on any atom is -0.397 e. The predicted molar refractivity (Wildman–Crippen MR) is 84.5 cm³/mol. The largest absolute Gasteiger partial charge is 0.397 e. The Morgan fingerprint density at radius 1 is 1.57 bits per heavy atom. The van der Waals surface area contributed by atoms with E-state index in [1.54, 1.807) is 4.90 Å². The Morgan fingerprint density at radius 3 is 3.05 bits per heavy atom. The van der Waals surface area contributed by atoms with Crippen LogP contribution in [0.1, 0.15) is 28.7 Å². The fourth-order valence-corrected chi connectivity index (χ4v) is 4.01. The smallest absolute Gasteiger partial charge is 0.266 e. The lowest BCUT2D eigenvalue weighted by Crippen LogP contribution is -2.39. The van der Waals surface area contributed by atoms with Gasteiger partial charge in [0, 0.05) is 17.6 Å². The van der Waals surface area contributed by atoms with Gasteiger partial charge in [0.1, 0.15) is 9.71 Å². The maximum atomic E-state index is 12.8. The highest BCUT2D eigenvalue weighted by Crippen LogP contribution is 2.35. The summed E-state index contributed by atoms with van der Waals surface area (Å²) in [5, 5.41) is 10.3. The Morgan fingerprint density at radius 2 is 2.33 bits per heavy atom. The number of pyridine rings is 1. The molecule has 3 rings (SSSR count). The van der Waals surface area contributed by atoms with Crippen LogP contribution in [0.5, 0.6) is 0 Å². The first-order valence-corrected chi connectivity index (χ1v) is 7.92. The van der Waals surface area contributed by atoms with Crippen LogP contribution >= 0.6 is 11.3 Å². The molecule has 21 heavy (non-hydrogen) atoms. The molecule has 0 aliphatic carbocycles.